The summed E-state index contributed by atoms with van der Waals surface area (Å²) >= 11 is 0. The lowest BCUT2D eigenvalue weighted by atomic mass is 9.88. The van der Waals surface area contributed by atoms with Crippen LogP contribution in [-0.2, 0) is 0 Å². The van der Waals surface area contributed by atoms with Gasteiger partial charge in [-0.25, -0.2) is 0 Å². The van der Waals surface area contributed by atoms with E-state index in [0.717, 1.165) is 23.7 Å². The van der Waals surface area contributed by atoms with Crippen molar-refractivity contribution in [3.63, 3.8) is 0 Å². The van der Waals surface area contributed by atoms with Gasteiger partial charge in [0, 0.05) is 23.0 Å². The molecular weight excluding hydrogens is 288 g/mol. The summed E-state index contributed by atoms with van der Waals surface area (Å²) < 4.78 is 0. The molecule has 0 saturated heterocycles. The predicted molar refractivity (Wildman–Crippen MR) is 100.0 cm³/mol. The van der Waals surface area contributed by atoms with Crippen molar-refractivity contribution in [2.45, 2.75) is 84.4 Å². The summed E-state index contributed by atoms with van der Waals surface area (Å²) in [7, 11) is -1.79. The maximum absolute atomic E-state index is 2.66. The second-order valence-electron chi connectivity index (χ2n) is 9.73. The second kappa shape index (κ2) is 6.04. The molecule has 0 nitrogen and oxygen atoms in total. The minimum Gasteiger partial charge on any atom is -0.0719 e. The quantitative estimate of drug-likeness (QED) is 0.562. The van der Waals surface area contributed by atoms with Crippen LogP contribution in [0.3, 0.4) is 0 Å². The number of rotatable bonds is 5. The number of fused-ring (bicyclic) bond motifs is 1. The van der Waals surface area contributed by atoms with Crippen LogP contribution < -0.4 is 0 Å². The lowest BCUT2D eigenvalue weighted by Crippen LogP contribution is -2.58. The fourth-order valence-corrected chi connectivity index (χ4v) is 42.4. The molecule has 0 amide bonds. The van der Waals surface area contributed by atoms with Crippen LogP contribution in [0.1, 0.15) is 39.0 Å². The minimum atomic E-state index is -0.881. The van der Waals surface area contributed by atoms with E-state index in [0.29, 0.717) is 0 Å². The maximum Gasteiger partial charge on any atom is 0.0334 e. The maximum atomic E-state index is 2.66. The molecule has 20 heavy (non-hydrogen) atoms. The second-order valence-corrected chi connectivity index (χ2v) is 34.3. The van der Waals surface area contributed by atoms with Crippen molar-refractivity contribution in [1.82, 2.24) is 0 Å². The molecule has 0 aliphatic heterocycles. The summed E-state index contributed by atoms with van der Waals surface area (Å²) in [6.45, 7) is 18.5. The van der Waals surface area contributed by atoms with E-state index < -0.39 is 15.2 Å². The SMILES string of the molecule is C[C@H]1[C@H](CC[Si]([Si](C)(C)C)[Si](C)(C)C)C[C@H]2CCC[C@H]21. The molecule has 2 aliphatic carbocycles. The Morgan fingerprint density at radius 2 is 1.55 bits per heavy atom. The van der Waals surface area contributed by atoms with Gasteiger partial charge in [0.2, 0.25) is 0 Å². The normalized spacial score (nSPS) is 34.8. The summed E-state index contributed by atoms with van der Waals surface area (Å²) in [6.07, 6.45) is 7.84. The Bertz CT molecular complexity index is 312. The lowest BCUT2D eigenvalue weighted by Gasteiger charge is -2.38. The van der Waals surface area contributed by atoms with Crippen molar-refractivity contribution >= 4 is 23.0 Å². The molecule has 0 aromatic rings. The van der Waals surface area contributed by atoms with Gasteiger partial charge in [0.1, 0.15) is 0 Å². The van der Waals surface area contributed by atoms with Crippen molar-refractivity contribution < 1.29 is 0 Å². The molecule has 3 heteroatoms. The van der Waals surface area contributed by atoms with Crippen LogP contribution in [0, 0.1) is 23.7 Å². The van der Waals surface area contributed by atoms with E-state index in [1.54, 1.807) is 31.7 Å². The Hall–Kier alpha value is 0.651. The molecule has 0 N–H and O–H groups in total. The largest absolute Gasteiger partial charge is 0.0719 e. The third-order valence-corrected chi connectivity index (χ3v) is 36.6. The summed E-state index contributed by atoms with van der Waals surface area (Å²) in [5.74, 6) is 4.39. The standard InChI is InChI=1S/C17H37Si3/c1-14-15(13-16-9-8-10-17(14)16)11-12-18(19(2,3)4)20(5,6)7/h14-17H,8-13H2,1-7H3/t14-,15+,16+,17-/m0/s1. The highest BCUT2D eigenvalue weighted by molar-refractivity contribution is 7.60. The summed E-state index contributed by atoms with van der Waals surface area (Å²) in [4.78, 5) is 0. The summed E-state index contributed by atoms with van der Waals surface area (Å²) in [5.41, 5.74) is 0. The number of hydrogen-bond donors (Lipinski definition) is 0. The van der Waals surface area contributed by atoms with E-state index in [9.17, 15) is 0 Å². The summed E-state index contributed by atoms with van der Waals surface area (Å²) in [5, 5.41) is 0. The molecule has 2 saturated carbocycles. The first-order valence-corrected chi connectivity index (χ1v) is 19.7. The van der Waals surface area contributed by atoms with Crippen molar-refractivity contribution in [3.05, 3.63) is 0 Å². The summed E-state index contributed by atoms with van der Waals surface area (Å²) in [6, 6.07) is 1.66. The molecule has 1 radical (unpaired) electrons. The molecule has 0 bridgehead atoms. The molecule has 2 rings (SSSR count). The average Bonchev–Trinajstić information content (AvgIpc) is 2.80. The Labute approximate surface area is 131 Å². The van der Waals surface area contributed by atoms with Gasteiger partial charge < -0.3 is 0 Å². The first-order chi connectivity index (χ1) is 9.10. The Balaban J connectivity index is 1.94. The van der Waals surface area contributed by atoms with Crippen molar-refractivity contribution in [3.8, 4) is 0 Å². The average molecular weight is 326 g/mol. The first-order valence-electron chi connectivity index (χ1n) is 8.97. The molecule has 0 aromatic heterocycles. The van der Waals surface area contributed by atoms with Crippen LogP contribution in [0.2, 0.25) is 45.3 Å². The zero-order valence-corrected chi connectivity index (χ0v) is 18.1. The predicted octanol–water partition coefficient (Wildman–Crippen LogP) is 5.78. The van der Waals surface area contributed by atoms with E-state index >= 15 is 0 Å². The first kappa shape index (κ1) is 17.0. The van der Waals surface area contributed by atoms with Crippen molar-refractivity contribution in [2.24, 2.45) is 23.7 Å². The molecule has 0 heterocycles. The van der Waals surface area contributed by atoms with E-state index in [1.165, 1.54) is 6.42 Å². The Morgan fingerprint density at radius 1 is 0.950 bits per heavy atom. The van der Waals surface area contributed by atoms with E-state index in [-0.39, 0.29) is 7.83 Å². The van der Waals surface area contributed by atoms with Crippen LogP contribution in [0.4, 0.5) is 0 Å². The fourth-order valence-electron chi connectivity index (χ4n) is 5.59. The number of hydrogen-bond acceptors (Lipinski definition) is 0. The van der Waals surface area contributed by atoms with E-state index in [2.05, 4.69) is 46.2 Å². The molecular formula is C17H37Si3. The van der Waals surface area contributed by atoms with Crippen LogP contribution >= 0.6 is 0 Å². The van der Waals surface area contributed by atoms with Crippen LogP contribution in [0.15, 0.2) is 0 Å². The lowest BCUT2D eigenvalue weighted by molar-refractivity contribution is 0.322. The van der Waals surface area contributed by atoms with Gasteiger partial charge in [-0.1, -0.05) is 71.5 Å². The Morgan fingerprint density at radius 3 is 2.05 bits per heavy atom. The van der Waals surface area contributed by atoms with Gasteiger partial charge in [0.25, 0.3) is 0 Å². The van der Waals surface area contributed by atoms with Crippen LogP contribution in [-0.4, -0.2) is 23.0 Å². The van der Waals surface area contributed by atoms with Crippen LogP contribution in [0.25, 0.3) is 0 Å². The topological polar surface area (TPSA) is 0 Å². The molecule has 0 aromatic carbocycles. The smallest absolute Gasteiger partial charge is 0.0334 e. The van der Waals surface area contributed by atoms with Gasteiger partial charge in [-0.15, -0.1) is 0 Å². The molecule has 4 atom stereocenters. The van der Waals surface area contributed by atoms with Gasteiger partial charge >= 0.3 is 0 Å². The van der Waals surface area contributed by atoms with Crippen LogP contribution in [0.5, 0.6) is 0 Å². The van der Waals surface area contributed by atoms with Crippen molar-refractivity contribution in [2.75, 3.05) is 0 Å². The Kier molecular flexibility index (Phi) is 5.13. The van der Waals surface area contributed by atoms with Gasteiger partial charge in [0.15, 0.2) is 0 Å². The zero-order valence-electron chi connectivity index (χ0n) is 15.1. The molecule has 2 fully saturated rings. The minimum absolute atomic E-state index is 0.0313. The van der Waals surface area contributed by atoms with E-state index in [1.807, 2.05) is 0 Å². The van der Waals surface area contributed by atoms with E-state index in [4.69, 9.17) is 0 Å². The van der Waals surface area contributed by atoms with Gasteiger partial charge in [-0.05, 0) is 36.5 Å². The molecule has 117 valence electrons. The molecule has 0 spiro atoms. The highest BCUT2D eigenvalue weighted by Gasteiger charge is 2.44. The van der Waals surface area contributed by atoms with Gasteiger partial charge in [-0.3, -0.25) is 0 Å². The fraction of sp³-hybridized carbons (Fsp3) is 1.00. The third-order valence-electron chi connectivity index (χ3n) is 6.32. The third kappa shape index (κ3) is 3.70. The molecule has 2 aliphatic rings. The highest BCUT2D eigenvalue weighted by Crippen LogP contribution is 2.51. The van der Waals surface area contributed by atoms with Gasteiger partial charge in [-0.2, -0.15) is 0 Å². The van der Waals surface area contributed by atoms with Gasteiger partial charge in [0.05, 0.1) is 0 Å². The molecule has 0 unspecified atom stereocenters. The zero-order chi connectivity index (χ0) is 15.1. The highest BCUT2D eigenvalue weighted by atomic mass is 29.6. The monoisotopic (exact) mass is 325 g/mol. The van der Waals surface area contributed by atoms with Crippen molar-refractivity contribution in [1.29, 1.82) is 0 Å².